The lowest BCUT2D eigenvalue weighted by Gasteiger charge is -2.14. The van der Waals surface area contributed by atoms with Gasteiger partial charge in [-0.05, 0) is 49.1 Å². The molecular weight excluding hydrogens is 406 g/mol. The van der Waals surface area contributed by atoms with Crippen molar-refractivity contribution in [2.75, 3.05) is 6.61 Å². The van der Waals surface area contributed by atoms with Gasteiger partial charge in [-0.2, -0.15) is 13.9 Å². The Labute approximate surface area is 175 Å². The average molecular weight is 424 g/mol. The van der Waals surface area contributed by atoms with E-state index >= 15 is 0 Å². The van der Waals surface area contributed by atoms with Crippen molar-refractivity contribution in [2.24, 2.45) is 5.92 Å². The van der Waals surface area contributed by atoms with Gasteiger partial charge >= 0.3 is 6.61 Å². The molecule has 1 N–H and O–H groups in total. The molecule has 1 aliphatic rings. The second kappa shape index (κ2) is 7.82. The van der Waals surface area contributed by atoms with E-state index in [9.17, 15) is 13.6 Å². The second-order valence-corrected chi connectivity index (χ2v) is 7.33. The van der Waals surface area contributed by atoms with Crippen LogP contribution in [0.4, 0.5) is 8.78 Å². The fourth-order valence-corrected chi connectivity index (χ4v) is 3.36. The standard InChI is InChI=1S/C22H18F2N4O3/c23-22(24)31-14-5-6-16(19(10-14)30-12-13-3-4-13)18-7-9-25-20-11-17(27-28(18)20)15-2-1-8-26-21(15)29/h1-2,5-11,13,22H,3-4,12H2,(H,26,29). The van der Waals surface area contributed by atoms with Gasteiger partial charge in [0.1, 0.15) is 17.2 Å². The van der Waals surface area contributed by atoms with Crippen molar-refractivity contribution in [1.82, 2.24) is 19.6 Å². The number of pyridine rings is 1. The van der Waals surface area contributed by atoms with Crippen molar-refractivity contribution in [1.29, 1.82) is 0 Å². The van der Waals surface area contributed by atoms with Crippen LogP contribution in [0.15, 0.2) is 59.7 Å². The maximum atomic E-state index is 12.7. The number of H-pyrrole nitrogens is 1. The number of aromatic nitrogens is 4. The molecule has 3 heterocycles. The third-order valence-corrected chi connectivity index (χ3v) is 5.08. The Hall–Kier alpha value is -3.75. The minimum atomic E-state index is -2.92. The number of hydrogen-bond donors (Lipinski definition) is 1. The Morgan fingerprint density at radius 3 is 2.81 bits per heavy atom. The molecule has 4 aromatic rings. The summed E-state index contributed by atoms with van der Waals surface area (Å²) in [6, 6.07) is 11.5. The van der Waals surface area contributed by atoms with Crippen LogP contribution in [0.3, 0.4) is 0 Å². The number of nitrogens with one attached hydrogen (secondary N) is 1. The van der Waals surface area contributed by atoms with Crippen LogP contribution in [0.1, 0.15) is 12.8 Å². The summed E-state index contributed by atoms with van der Waals surface area (Å²) in [6.07, 6.45) is 5.36. The molecule has 0 unspecified atom stereocenters. The molecule has 31 heavy (non-hydrogen) atoms. The van der Waals surface area contributed by atoms with Crippen LogP contribution in [0, 0.1) is 5.92 Å². The Bertz CT molecular complexity index is 1300. The topological polar surface area (TPSA) is 81.5 Å². The van der Waals surface area contributed by atoms with Gasteiger partial charge in [-0.25, -0.2) is 9.50 Å². The summed E-state index contributed by atoms with van der Waals surface area (Å²) < 4.78 is 37.5. The van der Waals surface area contributed by atoms with E-state index in [0.29, 0.717) is 46.4 Å². The van der Waals surface area contributed by atoms with Crippen LogP contribution in [-0.2, 0) is 0 Å². The molecule has 0 amide bonds. The van der Waals surface area contributed by atoms with Gasteiger partial charge in [0.15, 0.2) is 5.65 Å². The minimum Gasteiger partial charge on any atom is -0.492 e. The highest BCUT2D eigenvalue weighted by atomic mass is 19.3. The van der Waals surface area contributed by atoms with E-state index in [0.717, 1.165) is 12.8 Å². The summed E-state index contributed by atoms with van der Waals surface area (Å²) in [5.74, 6) is 0.921. The summed E-state index contributed by atoms with van der Waals surface area (Å²) in [5, 5.41) is 4.57. The molecule has 0 radical (unpaired) electrons. The number of aromatic amines is 1. The summed E-state index contributed by atoms with van der Waals surface area (Å²) in [4.78, 5) is 19.1. The van der Waals surface area contributed by atoms with E-state index in [-0.39, 0.29) is 11.3 Å². The Morgan fingerprint density at radius 2 is 2.03 bits per heavy atom. The molecule has 0 saturated heterocycles. The molecule has 5 rings (SSSR count). The Balaban J connectivity index is 1.60. The molecule has 7 nitrogen and oxygen atoms in total. The molecule has 1 aromatic carbocycles. The van der Waals surface area contributed by atoms with E-state index in [1.165, 1.54) is 12.1 Å². The Morgan fingerprint density at radius 1 is 1.16 bits per heavy atom. The van der Waals surface area contributed by atoms with Crippen molar-refractivity contribution >= 4 is 5.65 Å². The first-order valence-corrected chi connectivity index (χ1v) is 9.83. The first-order valence-electron chi connectivity index (χ1n) is 9.83. The van der Waals surface area contributed by atoms with E-state index in [4.69, 9.17) is 4.74 Å². The maximum Gasteiger partial charge on any atom is 0.387 e. The van der Waals surface area contributed by atoms with Crippen molar-refractivity contribution in [2.45, 2.75) is 19.5 Å². The molecule has 1 fully saturated rings. The third-order valence-electron chi connectivity index (χ3n) is 5.08. The summed E-state index contributed by atoms with van der Waals surface area (Å²) in [6.45, 7) is -2.42. The van der Waals surface area contributed by atoms with Crippen LogP contribution in [0.25, 0.3) is 28.2 Å². The Kier molecular flexibility index (Phi) is 4.85. The van der Waals surface area contributed by atoms with Gasteiger partial charge in [0, 0.05) is 30.1 Å². The van der Waals surface area contributed by atoms with Gasteiger partial charge in [-0.15, -0.1) is 0 Å². The highest BCUT2D eigenvalue weighted by Crippen LogP contribution is 2.36. The van der Waals surface area contributed by atoms with E-state index < -0.39 is 6.61 Å². The first kappa shape index (κ1) is 19.2. The molecule has 0 bridgehead atoms. The van der Waals surface area contributed by atoms with Crippen LogP contribution in [0.5, 0.6) is 11.5 Å². The maximum absolute atomic E-state index is 12.7. The monoisotopic (exact) mass is 424 g/mol. The smallest absolute Gasteiger partial charge is 0.387 e. The fourth-order valence-electron chi connectivity index (χ4n) is 3.36. The van der Waals surface area contributed by atoms with Crippen LogP contribution >= 0.6 is 0 Å². The van der Waals surface area contributed by atoms with Crippen molar-refractivity contribution in [3.8, 4) is 34.0 Å². The number of alkyl halides is 2. The summed E-state index contributed by atoms with van der Waals surface area (Å²) in [7, 11) is 0. The molecule has 9 heteroatoms. The molecule has 1 saturated carbocycles. The lowest BCUT2D eigenvalue weighted by molar-refractivity contribution is -0.0499. The number of halogens is 2. The molecule has 158 valence electrons. The first-order chi connectivity index (χ1) is 15.1. The highest BCUT2D eigenvalue weighted by molar-refractivity contribution is 5.72. The number of ether oxygens (including phenoxy) is 2. The largest absolute Gasteiger partial charge is 0.492 e. The SMILES string of the molecule is O=c1[nH]cccc1-c1cc2nccc(-c3ccc(OC(F)F)cc3OCC3CC3)n2n1. The van der Waals surface area contributed by atoms with Crippen molar-refractivity contribution in [3.63, 3.8) is 0 Å². The molecule has 1 aliphatic carbocycles. The van der Waals surface area contributed by atoms with Gasteiger partial charge < -0.3 is 14.5 Å². The van der Waals surface area contributed by atoms with Crippen LogP contribution in [0.2, 0.25) is 0 Å². The number of benzene rings is 1. The van der Waals surface area contributed by atoms with Gasteiger partial charge in [0.05, 0.1) is 17.9 Å². The van der Waals surface area contributed by atoms with Gasteiger partial charge in [0.25, 0.3) is 5.56 Å². The fraction of sp³-hybridized carbons (Fsp3) is 0.227. The average Bonchev–Trinajstić information content (AvgIpc) is 3.48. The number of hydrogen-bond acceptors (Lipinski definition) is 5. The zero-order valence-corrected chi connectivity index (χ0v) is 16.3. The zero-order chi connectivity index (χ0) is 21.4. The lowest BCUT2D eigenvalue weighted by atomic mass is 10.1. The van der Waals surface area contributed by atoms with Gasteiger partial charge in [-0.3, -0.25) is 4.79 Å². The predicted octanol–water partition coefficient (Wildman–Crippen LogP) is 4.14. The predicted molar refractivity (Wildman–Crippen MR) is 109 cm³/mol. The van der Waals surface area contributed by atoms with E-state index in [1.54, 1.807) is 47.2 Å². The van der Waals surface area contributed by atoms with Crippen molar-refractivity contribution < 1.29 is 18.3 Å². The van der Waals surface area contributed by atoms with Gasteiger partial charge in [0.2, 0.25) is 0 Å². The number of rotatable bonds is 7. The van der Waals surface area contributed by atoms with Gasteiger partial charge in [-0.1, -0.05) is 0 Å². The molecule has 0 atom stereocenters. The van der Waals surface area contributed by atoms with E-state index in [1.807, 2.05) is 0 Å². The zero-order valence-electron chi connectivity index (χ0n) is 16.3. The molecule has 3 aromatic heterocycles. The molecule has 0 aliphatic heterocycles. The quantitative estimate of drug-likeness (QED) is 0.482. The van der Waals surface area contributed by atoms with Crippen molar-refractivity contribution in [3.05, 3.63) is 65.2 Å². The van der Waals surface area contributed by atoms with Crippen LogP contribution in [-0.4, -0.2) is 32.8 Å². The minimum absolute atomic E-state index is 0.0202. The molecule has 0 spiro atoms. The highest BCUT2D eigenvalue weighted by Gasteiger charge is 2.23. The summed E-state index contributed by atoms with van der Waals surface area (Å²) in [5.41, 5.74) is 2.49. The van der Waals surface area contributed by atoms with Crippen LogP contribution < -0.4 is 15.0 Å². The van der Waals surface area contributed by atoms with E-state index in [2.05, 4.69) is 19.8 Å². The molecular formula is C22H18F2N4O3. The summed E-state index contributed by atoms with van der Waals surface area (Å²) >= 11 is 0. The normalized spacial score (nSPS) is 13.6. The number of nitrogens with zero attached hydrogens (tertiary/aromatic N) is 3. The number of fused-ring (bicyclic) bond motifs is 1. The second-order valence-electron chi connectivity index (χ2n) is 7.33. The lowest BCUT2D eigenvalue weighted by Crippen LogP contribution is -2.07. The third kappa shape index (κ3) is 3.98.